The summed E-state index contributed by atoms with van der Waals surface area (Å²) in [6, 6.07) is 15.4. The second-order valence-electron chi connectivity index (χ2n) is 7.75. The number of hydrogen-bond acceptors (Lipinski definition) is 8. The quantitative estimate of drug-likeness (QED) is 0.449. The van der Waals surface area contributed by atoms with Gasteiger partial charge in [0, 0.05) is 5.56 Å². The van der Waals surface area contributed by atoms with Gasteiger partial charge in [-0.25, -0.2) is 4.68 Å². The molecule has 1 unspecified atom stereocenters. The topological polar surface area (TPSA) is 97.3 Å². The van der Waals surface area contributed by atoms with Crippen molar-refractivity contribution in [1.82, 2.24) is 25.1 Å². The first-order valence-electron chi connectivity index (χ1n) is 10.4. The molecule has 3 heterocycles. The summed E-state index contributed by atoms with van der Waals surface area (Å²) < 4.78 is 24.3. The lowest BCUT2D eigenvalue weighted by Gasteiger charge is -2.24. The Morgan fingerprint density at radius 1 is 1.03 bits per heavy atom. The van der Waals surface area contributed by atoms with E-state index in [9.17, 15) is 0 Å². The molecule has 4 aromatic rings. The second kappa shape index (κ2) is 8.43. The van der Waals surface area contributed by atoms with Crippen molar-refractivity contribution in [2.75, 3.05) is 7.11 Å². The number of methoxy groups -OCH3 is 1. The largest absolute Gasteiger partial charge is 0.497 e. The van der Waals surface area contributed by atoms with Gasteiger partial charge in [-0.05, 0) is 55.8 Å². The van der Waals surface area contributed by atoms with Gasteiger partial charge in [0.25, 0.3) is 5.89 Å². The van der Waals surface area contributed by atoms with Crippen LogP contribution in [-0.4, -0.2) is 38.3 Å². The number of nitrogens with zero attached hydrogens (tertiary/aromatic N) is 5. The third-order valence-electron chi connectivity index (χ3n) is 5.20. The van der Waals surface area contributed by atoms with Crippen molar-refractivity contribution >= 4 is 0 Å². The molecule has 0 aliphatic carbocycles. The summed E-state index contributed by atoms with van der Waals surface area (Å²) in [6.07, 6.45) is -0.00321. The Balaban J connectivity index is 1.33. The molecule has 2 aromatic carbocycles. The predicted molar refractivity (Wildman–Crippen MR) is 115 cm³/mol. The minimum absolute atomic E-state index is 0.115. The Bertz CT molecular complexity index is 1200. The zero-order valence-corrected chi connectivity index (χ0v) is 18.1. The Hall–Kier alpha value is -3.72. The van der Waals surface area contributed by atoms with E-state index in [1.54, 1.807) is 7.11 Å². The maximum Gasteiger partial charge on any atom is 0.280 e. The van der Waals surface area contributed by atoms with Crippen LogP contribution in [-0.2, 0) is 17.9 Å². The van der Waals surface area contributed by atoms with Crippen LogP contribution in [0.2, 0.25) is 0 Å². The van der Waals surface area contributed by atoms with Gasteiger partial charge >= 0.3 is 0 Å². The summed E-state index contributed by atoms with van der Waals surface area (Å²) >= 11 is 0. The molecule has 0 spiro atoms. The first kappa shape index (κ1) is 20.2. The highest BCUT2D eigenvalue weighted by molar-refractivity contribution is 5.59. The van der Waals surface area contributed by atoms with E-state index in [0.29, 0.717) is 30.6 Å². The molecule has 0 fully saturated rings. The number of rotatable bonds is 6. The minimum atomic E-state index is -0.118. The molecule has 1 atom stereocenters. The molecular weight excluding hydrogens is 410 g/mol. The lowest BCUT2D eigenvalue weighted by molar-refractivity contribution is -0.00119. The molecule has 0 saturated heterocycles. The van der Waals surface area contributed by atoms with E-state index in [2.05, 4.69) is 20.5 Å². The summed E-state index contributed by atoms with van der Waals surface area (Å²) in [5, 5.41) is 12.7. The molecule has 0 N–H and O–H groups in total. The average Bonchev–Trinajstić information content (AvgIpc) is 3.46. The summed E-state index contributed by atoms with van der Waals surface area (Å²) in [4.78, 5) is 4.51. The van der Waals surface area contributed by atoms with E-state index in [1.807, 2.05) is 67.1 Å². The van der Waals surface area contributed by atoms with Gasteiger partial charge in [-0.2, -0.15) is 4.98 Å². The number of ether oxygens (including phenoxy) is 3. The lowest BCUT2D eigenvalue weighted by atomic mass is 10.1. The van der Waals surface area contributed by atoms with Crippen LogP contribution in [0.25, 0.3) is 23.0 Å². The SMILES string of the molecule is COc1ccc(C2Cn3nnc(-c4nc(-c5ccc(OC(C)C)cc5)no4)c3CO2)cc1. The van der Waals surface area contributed by atoms with Crippen molar-refractivity contribution in [3.8, 4) is 34.5 Å². The van der Waals surface area contributed by atoms with E-state index in [-0.39, 0.29) is 12.2 Å². The van der Waals surface area contributed by atoms with Gasteiger partial charge in [-0.3, -0.25) is 0 Å². The number of hydrogen-bond donors (Lipinski definition) is 0. The van der Waals surface area contributed by atoms with Crippen LogP contribution >= 0.6 is 0 Å². The van der Waals surface area contributed by atoms with Gasteiger partial charge in [0.1, 0.15) is 17.6 Å². The van der Waals surface area contributed by atoms with Crippen LogP contribution in [0.5, 0.6) is 11.5 Å². The molecule has 0 saturated carbocycles. The molecular formula is C23H23N5O4. The first-order valence-corrected chi connectivity index (χ1v) is 10.4. The maximum absolute atomic E-state index is 6.08. The summed E-state index contributed by atoms with van der Waals surface area (Å²) in [6.45, 7) is 4.87. The van der Waals surface area contributed by atoms with Crippen molar-refractivity contribution in [3.63, 3.8) is 0 Å². The first-order chi connectivity index (χ1) is 15.6. The van der Waals surface area contributed by atoms with Gasteiger partial charge < -0.3 is 18.7 Å². The van der Waals surface area contributed by atoms with Crippen molar-refractivity contribution in [1.29, 1.82) is 0 Å². The lowest BCUT2D eigenvalue weighted by Crippen LogP contribution is -2.22. The van der Waals surface area contributed by atoms with E-state index in [0.717, 1.165) is 28.3 Å². The summed E-state index contributed by atoms with van der Waals surface area (Å²) in [5.41, 5.74) is 3.23. The van der Waals surface area contributed by atoms with Crippen LogP contribution in [0.15, 0.2) is 53.1 Å². The monoisotopic (exact) mass is 433 g/mol. The fourth-order valence-corrected chi connectivity index (χ4v) is 3.59. The van der Waals surface area contributed by atoms with Crippen molar-refractivity contribution in [2.24, 2.45) is 0 Å². The van der Waals surface area contributed by atoms with E-state index < -0.39 is 0 Å². The van der Waals surface area contributed by atoms with E-state index in [4.69, 9.17) is 18.7 Å². The molecule has 1 aliphatic rings. The fraction of sp³-hybridized carbons (Fsp3) is 0.304. The average molecular weight is 433 g/mol. The highest BCUT2D eigenvalue weighted by atomic mass is 16.5. The summed E-state index contributed by atoms with van der Waals surface area (Å²) in [7, 11) is 1.65. The number of aromatic nitrogens is 5. The smallest absolute Gasteiger partial charge is 0.280 e. The van der Waals surface area contributed by atoms with E-state index >= 15 is 0 Å². The molecule has 0 amide bonds. The highest BCUT2D eigenvalue weighted by Gasteiger charge is 2.28. The van der Waals surface area contributed by atoms with Gasteiger partial charge in [0.15, 0.2) is 5.69 Å². The number of fused-ring (bicyclic) bond motifs is 1. The molecule has 0 bridgehead atoms. The zero-order valence-electron chi connectivity index (χ0n) is 18.1. The Labute approximate surface area is 184 Å². The zero-order chi connectivity index (χ0) is 22.1. The van der Waals surface area contributed by atoms with Crippen LogP contribution < -0.4 is 9.47 Å². The van der Waals surface area contributed by atoms with Gasteiger partial charge in [0.05, 0.1) is 32.1 Å². The summed E-state index contributed by atoms with van der Waals surface area (Å²) in [5.74, 6) is 2.40. The third-order valence-corrected chi connectivity index (χ3v) is 5.20. The fourth-order valence-electron chi connectivity index (χ4n) is 3.59. The van der Waals surface area contributed by atoms with Crippen molar-refractivity contribution in [3.05, 3.63) is 59.8 Å². The Morgan fingerprint density at radius 2 is 1.78 bits per heavy atom. The van der Waals surface area contributed by atoms with Crippen LogP contribution in [0.3, 0.4) is 0 Å². The normalized spacial score (nSPS) is 15.6. The minimum Gasteiger partial charge on any atom is -0.497 e. The highest BCUT2D eigenvalue weighted by Crippen LogP contribution is 2.31. The van der Waals surface area contributed by atoms with Crippen LogP contribution in [0, 0.1) is 0 Å². The van der Waals surface area contributed by atoms with Crippen molar-refractivity contribution in [2.45, 2.75) is 39.2 Å². The van der Waals surface area contributed by atoms with Gasteiger partial charge in [-0.1, -0.05) is 22.5 Å². The van der Waals surface area contributed by atoms with E-state index in [1.165, 1.54) is 0 Å². The molecule has 164 valence electrons. The molecule has 5 rings (SSSR count). The van der Waals surface area contributed by atoms with Crippen LogP contribution in [0.4, 0.5) is 0 Å². The molecule has 0 radical (unpaired) electrons. The third kappa shape index (κ3) is 3.94. The molecule has 9 heteroatoms. The molecule has 32 heavy (non-hydrogen) atoms. The maximum atomic E-state index is 6.08. The number of benzene rings is 2. The van der Waals surface area contributed by atoms with Gasteiger partial charge in [0.2, 0.25) is 5.82 Å². The molecule has 9 nitrogen and oxygen atoms in total. The van der Waals surface area contributed by atoms with Gasteiger partial charge in [-0.15, -0.1) is 5.10 Å². The Morgan fingerprint density at radius 3 is 2.50 bits per heavy atom. The molecule has 1 aliphatic heterocycles. The second-order valence-corrected chi connectivity index (χ2v) is 7.75. The standard InChI is InChI=1S/C23H23N5O4/c1-14(2)31-18-10-6-16(7-11-18)22-24-23(32-26-22)21-19-13-30-20(12-28(19)27-25-21)15-4-8-17(29-3)9-5-15/h4-11,14,20H,12-13H2,1-3H3. The van der Waals surface area contributed by atoms with Crippen molar-refractivity contribution < 1.29 is 18.7 Å². The van der Waals surface area contributed by atoms with Crippen LogP contribution in [0.1, 0.15) is 31.2 Å². The molecule has 2 aromatic heterocycles. The Kier molecular flexibility index (Phi) is 5.32. The predicted octanol–water partition coefficient (Wildman–Crippen LogP) is 4.06.